The first kappa shape index (κ1) is 33.8. The van der Waals surface area contributed by atoms with Crippen LogP contribution < -0.4 is 33.8 Å². The Morgan fingerprint density at radius 2 is 1.57 bits per heavy atom. The van der Waals surface area contributed by atoms with Crippen LogP contribution in [0.5, 0.6) is 23.0 Å². The second kappa shape index (κ2) is 15.0. The summed E-state index contributed by atoms with van der Waals surface area (Å²) in [6, 6.07) is 27.3. The lowest BCUT2D eigenvalue weighted by molar-refractivity contribution is -0.138. The quantitative estimate of drug-likeness (QED) is 0.147. The van der Waals surface area contributed by atoms with E-state index >= 15 is 0 Å². The first-order valence-electron chi connectivity index (χ1n) is 15.4. The van der Waals surface area contributed by atoms with Gasteiger partial charge in [-0.1, -0.05) is 81.9 Å². The minimum Gasteiger partial charge on any atom is -0.493 e. The van der Waals surface area contributed by atoms with Gasteiger partial charge in [-0.05, 0) is 66.1 Å². The molecule has 0 saturated carbocycles. The van der Waals surface area contributed by atoms with Crippen LogP contribution in [-0.2, 0) is 16.1 Å². The number of halogens is 1. The summed E-state index contributed by atoms with van der Waals surface area (Å²) in [4.78, 5) is 33.5. The second-order valence-corrected chi connectivity index (χ2v) is 12.8. The van der Waals surface area contributed by atoms with E-state index in [1.54, 1.807) is 43.9 Å². The van der Waals surface area contributed by atoms with E-state index in [-0.39, 0.29) is 17.7 Å². The molecule has 2 heterocycles. The van der Waals surface area contributed by atoms with Crippen LogP contribution in [0.4, 0.5) is 0 Å². The minimum absolute atomic E-state index is 0.151. The zero-order chi connectivity index (χ0) is 34.5. The van der Waals surface area contributed by atoms with E-state index in [1.807, 2.05) is 78.9 Å². The third-order valence-electron chi connectivity index (χ3n) is 7.89. The first-order chi connectivity index (χ1) is 23.8. The molecule has 4 aromatic carbocycles. The van der Waals surface area contributed by atoms with Gasteiger partial charge in [0.1, 0.15) is 6.61 Å². The maximum atomic E-state index is 14.3. The fraction of sp³-hybridized carbons (Fsp3) is 0.184. The van der Waals surface area contributed by atoms with Crippen molar-refractivity contribution >= 4 is 45.0 Å². The number of hydrogen-bond acceptors (Lipinski definition) is 9. The fourth-order valence-electron chi connectivity index (χ4n) is 5.56. The number of esters is 1. The van der Waals surface area contributed by atoms with Gasteiger partial charge >= 0.3 is 5.97 Å². The van der Waals surface area contributed by atoms with Crippen LogP contribution in [0.15, 0.2) is 111 Å². The smallest absolute Gasteiger partial charge is 0.338 e. The first-order valence-corrected chi connectivity index (χ1v) is 17.0. The average Bonchev–Trinajstić information content (AvgIpc) is 3.44. The third kappa shape index (κ3) is 7.04. The molecular formula is C38H33BrN2O7S. The highest BCUT2D eigenvalue weighted by atomic mass is 79.9. The number of carbonyl (C=O) groups is 1. The van der Waals surface area contributed by atoms with Gasteiger partial charge in [0.05, 0.1) is 49.8 Å². The highest BCUT2D eigenvalue weighted by Gasteiger charge is 2.35. The van der Waals surface area contributed by atoms with Gasteiger partial charge in [-0.15, -0.1) is 0 Å². The highest BCUT2D eigenvalue weighted by molar-refractivity contribution is 9.10. The molecule has 0 N–H and O–H groups in total. The summed E-state index contributed by atoms with van der Waals surface area (Å²) in [7, 11) is 4.66. The van der Waals surface area contributed by atoms with Crippen molar-refractivity contribution in [1.82, 2.24) is 4.57 Å². The van der Waals surface area contributed by atoms with Crippen LogP contribution in [0, 0.1) is 0 Å². The number of hydrogen-bond donors (Lipinski definition) is 0. The summed E-state index contributed by atoms with van der Waals surface area (Å²) in [5, 5.41) is 0. The number of carbonyl (C=O) groups excluding carboxylic acids is 1. The van der Waals surface area contributed by atoms with E-state index < -0.39 is 12.0 Å². The molecule has 250 valence electrons. The number of thiazole rings is 1. The standard InChI is InChI=1S/C38H33BrN2O7S/c1-5-47-37(43)33-34(25-9-7-6-8-10-25)40-38-41(35(33)26-14-18-28(44-2)31(21-26)46-4)36(42)32(49-38)20-24-13-17-29(30(19-24)45-3)48-22-23-11-15-27(39)16-12-23/h6-21,35H,5,22H2,1-4H3/b32-20-/t35-/m0/s1. The van der Waals surface area contributed by atoms with Crippen LogP contribution in [0.25, 0.3) is 11.8 Å². The summed E-state index contributed by atoms with van der Waals surface area (Å²) in [6.07, 6.45) is 1.78. The topological polar surface area (TPSA) is 97.6 Å². The van der Waals surface area contributed by atoms with Gasteiger partial charge in [-0.2, -0.15) is 0 Å². The summed E-state index contributed by atoms with van der Waals surface area (Å²) in [6.45, 7) is 2.26. The van der Waals surface area contributed by atoms with Crippen molar-refractivity contribution in [1.29, 1.82) is 0 Å². The lowest BCUT2D eigenvalue weighted by atomic mass is 9.93. The molecule has 0 radical (unpaired) electrons. The Bertz CT molecular complexity index is 2210. The molecular weight excluding hydrogens is 708 g/mol. The van der Waals surface area contributed by atoms with Crippen LogP contribution in [0.3, 0.4) is 0 Å². The number of rotatable bonds is 11. The number of fused-ring (bicyclic) bond motifs is 1. The van der Waals surface area contributed by atoms with E-state index in [9.17, 15) is 9.59 Å². The SMILES string of the molecule is CCOC(=O)C1=C(c2ccccc2)N=c2s/c(=C\c3ccc(OCc4ccc(Br)cc4)c(OC)c3)c(=O)n2[C@H]1c1ccc(OC)c(OC)c1. The molecule has 5 aromatic rings. The predicted octanol–water partition coefficient (Wildman–Crippen LogP) is 6.30. The molecule has 0 spiro atoms. The molecule has 0 fully saturated rings. The van der Waals surface area contributed by atoms with E-state index in [1.165, 1.54) is 18.4 Å². The van der Waals surface area contributed by atoms with Gasteiger partial charge in [0.15, 0.2) is 27.8 Å². The summed E-state index contributed by atoms with van der Waals surface area (Å²) in [5.41, 5.74) is 3.45. The van der Waals surface area contributed by atoms with Crippen molar-refractivity contribution in [3.63, 3.8) is 0 Å². The lowest BCUT2D eigenvalue weighted by Crippen LogP contribution is -2.40. The molecule has 0 saturated heterocycles. The number of nitrogens with zero attached hydrogens (tertiary/aromatic N) is 2. The van der Waals surface area contributed by atoms with Crippen LogP contribution in [-0.4, -0.2) is 38.5 Å². The summed E-state index contributed by atoms with van der Waals surface area (Å²) >= 11 is 4.69. The average molecular weight is 742 g/mol. The Balaban J connectivity index is 1.49. The molecule has 1 atom stereocenters. The largest absolute Gasteiger partial charge is 0.493 e. The van der Waals surface area contributed by atoms with Gasteiger partial charge in [-0.3, -0.25) is 9.36 Å². The van der Waals surface area contributed by atoms with Crippen LogP contribution in [0.1, 0.15) is 35.2 Å². The van der Waals surface area contributed by atoms with Crippen molar-refractivity contribution in [2.75, 3.05) is 27.9 Å². The Hall–Kier alpha value is -5.13. The maximum absolute atomic E-state index is 14.3. The Morgan fingerprint density at radius 3 is 2.27 bits per heavy atom. The molecule has 9 nitrogen and oxygen atoms in total. The normalized spacial score (nSPS) is 14.1. The van der Waals surface area contributed by atoms with Gasteiger partial charge in [-0.25, -0.2) is 9.79 Å². The minimum atomic E-state index is -0.864. The molecule has 11 heteroatoms. The molecule has 1 aliphatic rings. The van der Waals surface area contributed by atoms with Crippen molar-refractivity contribution in [3.8, 4) is 23.0 Å². The van der Waals surface area contributed by atoms with E-state index in [4.69, 9.17) is 28.7 Å². The zero-order valence-corrected chi connectivity index (χ0v) is 29.7. The summed E-state index contributed by atoms with van der Waals surface area (Å²) < 4.78 is 31.3. The predicted molar refractivity (Wildman–Crippen MR) is 192 cm³/mol. The lowest BCUT2D eigenvalue weighted by Gasteiger charge is -2.26. The zero-order valence-electron chi connectivity index (χ0n) is 27.3. The van der Waals surface area contributed by atoms with Gasteiger partial charge < -0.3 is 23.7 Å². The van der Waals surface area contributed by atoms with E-state index in [0.29, 0.717) is 50.2 Å². The molecule has 6 rings (SSSR count). The van der Waals surface area contributed by atoms with Gasteiger partial charge in [0, 0.05) is 10.0 Å². The highest BCUT2D eigenvalue weighted by Crippen LogP contribution is 2.38. The number of methoxy groups -OCH3 is 3. The summed E-state index contributed by atoms with van der Waals surface area (Å²) in [5.74, 6) is 1.50. The monoisotopic (exact) mass is 740 g/mol. The maximum Gasteiger partial charge on any atom is 0.338 e. The number of benzene rings is 4. The number of aromatic nitrogens is 1. The molecule has 0 bridgehead atoms. The van der Waals surface area contributed by atoms with Crippen molar-refractivity contribution in [2.24, 2.45) is 4.99 Å². The van der Waals surface area contributed by atoms with Gasteiger partial charge in [0.2, 0.25) is 0 Å². The molecule has 0 unspecified atom stereocenters. The van der Waals surface area contributed by atoms with E-state index in [0.717, 1.165) is 21.2 Å². The second-order valence-electron chi connectivity index (χ2n) is 10.9. The molecule has 1 aromatic heterocycles. The van der Waals surface area contributed by atoms with E-state index in [2.05, 4.69) is 15.9 Å². The Kier molecular flexibility index (Phi) is 10.3. The molecule has 0 amide bonds. The van der Waals surface area contributed by atoms with Crippen molar-refractivity contribution < 1.29 is 28.5 Å². The van der Waals surface area contributed by atoms with Crippen molar-refractivity contribution in [2.45, 2.75) is 19.6 Å². The molecule has 0 aliphatic carbocycles. The Morgan fingerprint density at radius 1 is 0.878 bits per heavy atom. The van der Waals surface area contributed by atoms with Crippen LogP contribution >= 0.6 is 27.3 Å². The number of ether oxygens (including phenoxy) is 5. The molecule has 49 heavy (non-hydrogen) atoms. The van der Waals surface area contributed by atoms with Crippen LogP contribution in [0.2, 0.25) is 0 Å². The fourth-order valence-corrected chi connectivity index (χ4v) is 6.83. The molecule has 1 aliphatic heterocycles. The Labute approximate surface area is 295 Å². The third-order valence-corrected chi connectivity index (χ3v) is 9.40. The van der Waals surface area contributed by atoms with Gasteiger partial charge in [0.25, 0.3) is 5.56 Å². The van der Waals surface area contributed by atoms with Crippen molar-refractivity contribution in [3.05, 3.63) is 143 Å².